The van der Waals surface area contributed by atoms with Gasteiger partial charge in [-0.05, 0) is 44.9 Å². The first-order chi connectivity index (χ1) is 10.2. The fourth-order valence-electron chi connectivity index (χ4n) is 1.73. The molecule has 0 unspecified atom stereocenters. The van der Waals surface area contributed by atoms with E-state index in [2.05, 4.69) is 10.6 Å². The molecule has 22 heavy (non-hydrogen) atoms. The molecule has 0 aliphatic carbocycles. The van der Waals surface area contributed by atoms with Crippen LogP contribution >= 0.6 is 0 Å². The Hall–Kier alpha value is -2.11. The number of hydrogen-bond acceptors (Lipinski definition) is 3. The van der Waals surface area contributed by atoms with Gasteiger partial charge in [-0.15, -0.1) is 0 Å². The number of amides is 2. The van der Waals surface area contributed by atoms with E-state index in [1.165, 1.54) is 24.3 Å². The van der Waals surface area contributed by atoms with Gasteiger partial charge in [0.15, 0.2) is 0 Å². The van der Waals surface area contributed by atoms with E-state index in [-0.39, 0.29) is 5.91 Å². The summed E-state index contributed by atoms with van der Waals surface area (Å²) in [4.78, 5) is 24.1. The molecule has 1 rings (SSSR count). The van der Waals surface area contributed by atoms with Gasteiger partial charge in [-0.1, -0.05) is 19.1 Å². The lowest BCUT2D eigenvalue weighted by molar-refractivity contribution is -0.123. The van der Waals surface area contributed by atoms with Crippen molar-refractivity contribution in [2.45, 2.75) is 45.8 Å². The third-order valence-corrected chi connectivity index (χ3v) is 2.68. The second kappa shape index (κ2) is 7.77. The van der Waals surface area contributed by atoms with Crippen molar-refractivity contribution in [1.82, 2.24) is 10.6 Å². The molecular formula is C16H23FN2O3. The second-order valence-corrected chi connectivity index (χ2v) is 5.92. The molecule has 1 atom stereocenters. The molecule has 0 saturated heterocycles. The molecule has 0 aliphatic heterocycles. The van der Waals surface area contributed by atoms with Crippen LogP contribution in [0, 0.1) is 5.82 Å². The van der Waals surface area contributed by atoms with Crippen LogP contribution in [-0.4, -0.2) is 24.1 Å². The van der Waals surface area contributed by atoms with Gasteiger partial charge in [0.2, 0.25) is 5.91 Å². The molecule has 0 fully saturated rings. The van der Waals surface area contributed by atoms with E-state index in [0.717, 1.165) is 6.42 Å². The normalized spacial score (nSPS) is 12.4. The highest BCUT2D eigenvalue weighted by Crippen LogP contribution is 2.16. The van der Waals surface area contributed by atoms with Crippen molar-refractivity contribution < 1.29 is 18.7 Å². The molecule has 0 radical (unpaired) electrons. The quantitative estimate of drug-likeness (QED) is 0.878. The lowest BCUT2D eigenvalue weighted by atomic mass is 10.1. The van der Waals surface area contributed by atoms with Crippen LogP contribution in [0.25, 0.3) is 0 Å². The zero-order valence-electron chi connectivity index (χ0n) is 13.4. The summed E-state index contributed by atoms with van der Waals surface area (Å²) in [6.07, 6.45) is 0.0717. The molecule has 122 valence electrons. The Labute approximate surface area is 130 Å². The van der Waals surface area contributed by atoms with Crippen molar-refractivity contribution in [2.24, 2.45) is 0 Å². The van der Waals surface area contributed by atoms with Gasteiger partial charge in [-0.3, -0.25) is 4.79 Å². The highest BCUT2D eigenvalue weighted by molar-refractivity contribution is 5.86. The van der Waals surface area contributed by atoms with Crippen molar-refractivity contribution in [2.75, 3.05) is 6.54 Å². The summed E-state index contributed by atoms with van der Waals surface area (Å²) in [6.45, 7) is 7.62. The van der Waals surface area contributed by atoms with E-state index in [0.29, 0.717) is 12.1 Å². The number of benzene rings is 1. The standard InChI is InChI=1S/C16H23FN2O3/c1-5-10-18-14(20)13(11-6-8-12(17)9-7-11)19-15(21)22-16(2,3)4/h6-9,13H,5,10H2,1-4H3,(H,18,20)(H,19,21)/t13-/m1/s1. The first-order valence-corrected chi connectivity index (χ1v) is 7.25. The molecule has 6 heteroatoms. The maximum absolute atomic E-state index is 13.0. The van der Waals surface area contributed by atoms with Gasteiger partial charge in [0.1, 0.15) is 17.5 Å². The van der Waals surface area contributed by atoms with Crippen LogP contribution in [0.4, 0.5) is 9.18 Å². The fourth-order valence-corrected chi connectivity index (χ4v) is 1.73. The van der Waals surface area contributed by atoms with Crippen LogP contribution < -0.4 is 10.6 Å². The smallest absolute Gasteiger partial charge is 0.408 e. The van der Waals surface area contributed by atoms with Gasteiger partial charge in [-0.25, -0.2) is 9.18 Å². The van der Waals surface area contributed by atoms with Crippen LogP contribution in [0.3, 0.4) is 0 Å². The number of alkyl carbamates (subject to hydrolysis) is 1. The molecule has 2 N–H and O–H groups in total. The number of nitrogens with one attached hydrogen (secondary N) is 2. The predicted octanol–water partition coefficient (Wildman–Crippen LogP) is 2.92. The average Bonchev–Trinajstić information content (AvgIpc) is 2.41. The Morgan fingerprint density at radius 2 is 1.82 bits per heavy atom. The van der Waals surface area contributed by atoms with Gasteiger partial charge >= 0.3 is 6.09 Å². The number of ether oxygens (including phenoxy) is 1. The first kappa shape index (κ1) is 17.9. The summed E-state index contributed by atoms with van der Waals surface area (Å²) in [7, 11) is 0. The van der Waals surface area contributed by atoms with E-state index in [9.17, 15) is 14.0 Å². The molecule has 0 spiro atoms. The van der Waals surface area contributed by atoms with Gasteiger partial charge in [0, 0.05) is 6.54 Å². The number of halogens is 1. The molecule has 2 amide bonds. The summed E-state index contributed by atoms with van der Waals surface area (Å²) in [5.74, 6) is -0.770. The fraction of sp³-hybridized carbons (Fsp3) is 0.500. The van der Waals surface area contributed by atoms with E-state index >= 15 is 0 Å². The van der Waals surface area contributed by atoms with Gasteiger partial charge in [-0.2, -0.15) is 0 Å². The molecule has 5 nitrogen and oxygen atoms in total. The molecule has 0 aliphatic rings. The topological polar surface area (TPSA) is 67.4 Å². The SMILES string of the molecule is CCCNC(=O)[C@H](NC(=O)OC(C)(C)C)c1ccc(F)cc1. The largest absolute Gasteiger partial charge is 0.444 e. The molecule has 1 aromatic rings. The zero-order chi connectivity index (χ0) is 16.8. The number of rotatable bonds is 5. The molecule has 1 aromatic carbocycles. The first-order valence-electron chi connectivity index (χ1n) is 7.25. The van der Waals surface area contributed by atoms with E-state index in [1.807, 2.05) is 6.92 Å². The summed E-state index contributed by atoms with van der Waals surface area (Å²) in [5.41, 5.74) is -0.182. The van der Waals surface area contributed by atoms with Gasteiger partial charge in [0.05, 0.1) is 0 Å². The number of carbonyl (C=O) groups is 2. The molecule has 0 saturated carbocycles. The maximum Gasteiger partial charge on any atom is 0.408 e. The molecule has 0 bridgehead atoms. The predicted molar refractivity (Wildman–Crippen MR) is 81.8 cm³/mol. The third kappa shape index (κ3) is 6.11. The van der Waals surface area contributed by atoms with E-state index in [4.69, 9.17) is 4.74 Å². The number of hydrogen-bond donors (Lipinski definition) is 2. The van der Waals surface area contributed by atoms with Gasteiger partial charge < -0.3 is 15.4 Å². The van der Waals surface area contributed by atoms with Crippen LogP contribution in [0.5, 0.6) is 0 Å². The summed E-state index contributed by atoms with van der Waals surface area (Å²) < 4.78 is 18.2. The summed E-state index contributed by atoms with van der Waals surface area (Å²) >= 11 is 0. The minimum absolute atomic E-state index is 0.362. The van der Waals surface area contributed by atoms with Crippen LogP contribution in [0.1, 0.15) is 45.7 Å². The van der Waals surface area contributed by atoms with Gasteiger partial charge in [0.25, 0.3) is 0 Å². The zero-order valence-corrected chi connectivity index (χ0v) is 13.4. The van der Waals surface area contributed by atoms with Crippen molar-refractivity contribution in [3.05, 3.63) is 35.6 Å². The minimum atomic E-state index is -0.929. The highest BCUT2D eigenvalue weighted by Gasteiger charge is 2.25. The van der Waals surface area contributed by atoms with Crippen LogP contribution in [0.2, 0.25) is 0 Å². The van der Waals surface area contributed by atoms with Crippen molar-refractivity contribution in [1.29, 1.82) is 0 Å². The van der Waals surface area contributed by atoms with Crippen LogP contribution in [-0.2, 0) is 9.53 Å². The third-order valence-electron chi connectivity index (χ3n) is 2.68. The van der Waals surface area contributed by atoms with E-state index < -0.39 is 23.6 Å². The van der Waals surface area contributed by atoms with E-state index in [1.54, 1.807) is 20.8 Å². The minimum Gasteiger partial charge on any atom is -0.444 e. The Morgan fingerprint density at radius 1 is 1.23 bits per heavy atom. The maximum atomic E-state index is 13.0. The summed E-state index contributed by atoms with van der Waals surface area (Å²) in [6, 6.07) is 4.48. The van der Waals surface area contributed by atoms with Crippen molar-refractivity contribution in [3.63, 3.8) is 0 Å². The van der Waals surface area contributed by atoms with Crippen molar-refractivity contribution >= 4 is 12.0 Å². The Balaban J connectivity index is 2.89. The lowest BCUT2D eigenvalue weighted by Crippen LogP contribution is -2.42. The van der Waals surface area contributed by atoms with Crippen LogP contribution in [0.15, 0.2) is 24.3 Å². The Morgan fingerprint density at radius 3 is 2.32 bits per heavy atom. The summed E-state index contributed by atoms with van der Waals surface area (Å²) in [5, 5.41) is 5.23. The van der Waals surface area contributed by atoms with Crippen molar-refractivity contribution in [3.8, 4) is 0 Å². The molecule has 0 heterocycles. The lowest BCUT2D eigenvalue weighted by Gasteiger charge is -2.23. The Kier molecular flexibility index (Phi) is 6.34. The Bertz CT molecular complexity index is 509. The second-order valence-electron chi connectivity index (χ2n) is 5.92. The average molecular weight is 310 g/mol. The molecular weight excluding hydrogens is 287 g/mol. The number of carbonyl (C=O) groups excluding carboxylic acids is 2. The molecule has 0 aromatic heterocycles. The highest BCUT2D eigenvalue weighted by atomic mass is 19.1. The monoisotopic (exact) mass is 310 g/mol.